The highest BCUT2D eigenvalue weighted by Crippen LogP contribution is 2.21. The summed E-state index contributed by atoms with van der Waals surface area (Å²) < 4.78 is 28.2. The molecule has 5 nitrogen and oxygen atoms in total. The van der Waals surface area contributed by atoms with Gasteiger partial charge in [-0.1, -0.05) is 32.9 Å². The van der Waals surface area contributed by atoms with Gasteiger partial charge in [-0.15, -0.1) is 0 Å². The Morgan fingerprint density at radius 2 is 1.71 bits per heavy atom. The average Bonchev–Trinajstić information content (AvgIpc) is 2.34. The van der Waals surface area contributed by atoms with E-state index < -0.39 is 29.9 Å². The maximum absolute atomic E-state index is 12.0. The first kappa shape index (κ1) is 16.9. The topological polar surface area (TPSA) is 78.5 Å². The van der Waals surface area contributed by atoms with Crippen LogP contribution in [0.4, 0.5) is 8.78 Å². The van der Waals surface area contributed by atoms with Crippen molar-refractivity contribution in [3.63, 3.8) is 0 Å². The van der Waals surface area contributed by atoms with Gasteiger partial charge in [0.2, 0.25) is 5.91 Å². The van der Waals surface area contributed by atoms with E-state index in [0.29, 0.717) is 0 Å². The zero-order valence-electron chi connectivity index (χ0n) is 11.9. The van der Waals surface area contributed by atoms with Crippen molar-refractivity contribution in [3.8, 4) is 5.75 Å². The SMILES string of the molecule is CC(C)(C)C(=O)N[C@H](C(=O)[O-])c1ccc(OC(F)F)cc1. The van der Waals surface area contributed by atoms with E-state index in [1.807, 2.05) is 0 Å². The minimum atomic E-state index is -2.96. The lowest BCUT2D eigenvalue weighted by atomic mass is 9.94. The van der Waals surface area contributed by atoms with E-state index in [1.165, 1.54) is 24.3 Å². The summed E-state index contributed by atoms with van der Waals surface area (Å²) in [4.78, 5) is 23.0. The Morgan fingerprint density at radius 3 is 2.10 bits per heavy atom. The Hall–Kier alpha value is -2.18. The lowest BCUT2D eigenvalue weighted by molar-refractivity contribution is -0.308. The molecule has 116 valence electrons. The summed E-state index contributed by atoms with van der Waals surface area (Å²) in [5.74, 6) is -2.06. The molecular weight excluding hydrogens is 284 g/mol. The summed E-state index contributed by atoms with van der Waals surface area (Å²) in [7, 11) is 0. The van der Waals surface area contributed by atoms with Gasteiger partial charge in [-0.05, 0) is 17.7 Å². The first-order valence-electron chi connectivity index (χ1n) is 6.18. The number of hydrogen-bond donors (Lipinski definition) is 1. The number of benzene rings is 1. The van der Waals surface area contributed by atoms with E-state index in [9.17, 15) is 23.5 Å². The van der Waals surface area contributed by atoms with Crippen molar-refractivity contribution in [2.75, 3.05) is 0 Å². The first-order chi connectivity index (χ1) is 9.61. The molecule has 0 radical (unpaired) electrons. The molecule has 0 aliphatic carbocycles. The fraction of sp³-hybridized carbons (Fsp3) is 0.429. The number of nitrogens with one attached hydrogen (secondary N) is 1. The molecule has 0 heterocycles. The molecule has 1 aromatic carbocycles. The van der Waals surface area contributed by atoms with Crippen molar-refractivity contribution < 1.29 is 28.2 Å². The lowest BCUT2D eigenvalue weighted by Gasteiger charge is -2.25. The van der Waals surface area contributed by atoms with Gasteiger partial charge in [0.1, 0.15) is 5.75 Å². The number of halogens is 2. The maximum atomic E-state index is 12.0. The number of amides is 1. The van der Waals surface area contributed by atoms with E-state index in [-0.39, 0.29) is 11.3 Å². The van der Waals surface area contributed by atoms with E-state index in [2.05, 4.69) is 10.1 Å². The summed E-state index contributed by atoms with van der Waals surface area (Å²) in [6.45, 7) is 1.94. The Morgan fingerprint density at radius 1 is 1.19 bits per heavy atom. The molecule has 0 unspecified atom stereocenters. The maximum Gasteiger partial charge on any atom is 0.387 e. The van der Waals surface area contributed by atoms with Crippen LogP contribution >= 0.6 is 0 Å². The molecule has 1 rings (SSSR count). The standard InChI is InChI=1S/C14H17F2NO4/c1-14(2,3)12(20)17-10(11(18)19)8-4-6-9(7-5-8)21-13(15)16/h4-7,10,13H,1-3H3,(H,17,20)(H,18,19)/p-1/t10-/m0/s1. The van der Waals surface area contributed by atoms with Crippen molar-refractivity contribution in [2.24, 2.45) is 5.41 Å². The van der Waals surface area contributed by atoms with Crippen LogP contribution in [-0.4, -0.2) is 18.5 Å². The lowest BCUT2D eigenvalue weighted by Crippen LogP contribution is -2.45. The molecule has 0 aromatic heterocycles. The molecular formula is C14H16F2NO4-. The van der Waals surface area contributed by atoms with Crippen LogP contribution in [0.3, 0.4) is 0 Å². The minimum absolute atomic E-state index is 0.104. The summed E-state index contributed by atoms with van der Waals surface area (Å²) in [6.07, 6.45) is 0. The highest BCUT2D eigenvalue weighted by Gasteiger charge is 2.25. The third-order valence-electron chi connectivity index (χ3n) is 2.63. The molecule has 0 fully saturated rings. The molecule has 0 aliphatic heterocycles. The predicted octanol–water partition coefficient (Wildman–Crippen LogP) is 1.24. The number of hydrogen-bond acceptors (Lipinski definition) is 4. The molecule has 0 saturated carbocycles. The monoisotopic (exact) mass is 300 g/mol. The highest BCUT2D eigenvalue weighted by atomic mass is 19.3. The number of aliphatic carboxylic acids is 1. The zero-order chi connectivity index (χ0) is 16.2. The first-order valence-corrected chi connectivity index (χ1v) is 6.18. The number of carbonyl (C=O) groups excluding carboxylic acids is 2. The third kappa shape index (κ3) is 5.02. The molecule has 21 heavy (non-hydrogen) atoms. The summed E-state index contributed by atoms with van der Waals surface area (Å²) in [5, 5.41) is 13.5. The largest absolute Gasteiger partial charge is 0.548 e. The molecule has 1 aromatic rings. The van der Waals surface area contributed by atoms with Gasteiger partial charge >= 0.3 is 6.61 Å². The summed E-state index contributed by atoms with van der Waals surface area (Å²) in [5.41, 5.74) is -0.568. The number of rotatable bonds is 5. The van der Waals surface area contributed by atoms with Crippen molar-refractivity contribution >= 4 is 11.9 Å². The molecule has 1 atom stereocenters. The molecule has 0 aliphatic rings. The van der Waals surface area contributed by atoms with Crippen LogP contribution < -0.4 is 15.2 Å². The van der Waals surface area contributed by atoms with Gasteiger partial charge in [0.05, 0.1) is 12.0 Å². The highest BCUT2D eigenvalue weighted by molar-refractivity contribution is 5.86. The average molecular weight is 300 g/mol. The second kappa shape index (κ2) is 6.51. The molecule has 0 spiro atoms. The van der Waals surface area contributed by atoms with E-state index in [0.717, 1.165) is 0 Å². The second-order valence-corrected chi connectivity index (χ2v) is 5.42. The Kier molecular flexibility index (Phi) is 5.23. The van der Waals surface area contributed by atoms with Gasteiger partial charge in [-0.2, -0.15) is 8.78 Å². The quantitative estimate of drug-likeness (QED) is 0.887. The van der Waals surface area contributed by atoms with Gasteiger partial charge in [0, 0.05) is 5.41 Å². The number of carboxylic acids is 1. The smallest absolute Gasteiger partial charge is 0.387 e. The normalized spacial score (nSPS) is 12.9. The van der Waals surface area contributed by atoms with E-state index >= 15 is 0 Å². The summed E-state index contributed by atoms with van der Waals surface area (Å²) >= 11 is 0. The van der Waals surface area contributed by atoms with Crippen LogP contribution in [-0.2, 0) is 9.59 Å². The van der Waals surface area contributed by atoms with Crippen LogP contribution in [0, 0.1) is 5.41 Å². The zero-order valence-corrected chi connectivity index (χ0v) is 11.9. The third-order valence-corrected chi connectivity index (χ3v) is 2.63. The van der Waals surface area contributed by atoms with Gasteiger partial charge in [-0.25, -0.2) is 0 Å². The number of carboxylic acid groups (broad SMARTS) is 1. The number of carbonyl (C=O) groups is 2. The minimum Gasteiger partial charge on any atom is -0.548 e. The summed E-state index contributed by atoms with van der Waals surface area (Å²) in [6, 6.07) is 3.58. The van der Waals surface area contributed by atoms with Crippen molar-refractivity contribution in [1.29, 1.82) is 0 Å². The van der Waals surface area contributed by atoms with Crippen LogP contribution in [0.5, 0.6) is 5.75 Å². The van der Waals surface area contributed by atoms with E-state index in [1.54, 1.807) is 20.8 Å². The van der Waals surface area contributed by atoms with Crippen LogP contribution in [0.1, 0.15) is 32.4 Å². The number of alkyl halides is 2. The van der Waals surface area contributed by atoms with Crippen LogP contribution in [0.25, 0.3) is 0 Å². The van der Waals surface area contributed by atoms with Gasteiger partial charge in [0.15, 0.2) is 0 Å². The second-order valence-electron chi connectivity index (χ2n) is 5.42. The van der Waals surface area contributed by atoms with Crippen molar-refractivity contribution in [1.82, 2.24) is 5.32 Å². The van der Waals surface area contributed by atoms with Crippen molar-refractivity contribution in [2.45, 2.75) is 33.4 Å². The molecule has 7 heteroatoms. The van der Waals surface area contributed by atoms with Crippen LogP contribution in [0.15, 0.2) is 24.3 Å². The number of ether oxygens (including phenoxy) is 1. The van der Waals surface area contributed by atoms with Gasteiger partial charge in [0.25, 0.3) is 0 Å². The fourth-order valence-corrected chi connectivity index (χ4v) is 1.47. The molecule has 0 bridgehead atoms. The Bertz CT molecular complexity index is 509. The molecule has 0 saturated heterocycles. The van der Waals surface area contributed by atoms with Gasteiger partial charge in [-0.3, -0.25) is 4.79 Å². The van der Waals surface area contributed by atoms with Crippen LogP contribution in [0.2, 0.25) is 0 Å². The molecule has 1 amide bonds. The van der Waals surface area contributed by atoms with Crippen molar-refractivity contribution in [3.05, 3.63) is 29.8 Å². The predicted molar refractivity (Wildman–Crippen MR) is 68.4 cm³/mol. The fourth-order valence-electron chi connectivity index (χ4n) is 1.47. The Labute approximate surface area is 120 Å². The molecule has 1 N–H and O–H groups in total. The van der Waals surface area contributed by atoms with Gasteiger partial charge < -0.3 is 20.0 Å². The van der Waals surface area contributed by atoms with E-state index in [4.69, 9.17) is 0 Å². The Balaban J connectivity index is 2.91.